The molecule has 6 nitrogen and oxygen atoms in total. The van der Waals surface area contributed by atoms with Crippen molar-refractivity contribution < 1.29 is 14.0 Å². The number of aromatic nitrogens is 2. The maximum atomic E-state index is 13.6. The van der Waals surface area contributed by atoms with Crippen LogP contribution in [0.5, 0.6) is 0 Å². The molecular formula is C24H31FN4O2. The standard InChI is InChI=1S/C24H31FN4O2/c1-23(2,3)20-14-19-21(30)29(18-12-10-16(25)11-13-18)24(4,15-28(19)27-20)22(31)26-17-8-6-5-7-9-17/h10-14,17H,5-9,15H2,1-4H3,(H,26,31)/t24-/m0/s1. The fourth-order valence-electron chi connectivity index (χ4n) is 4.53. The quantitative estimate of drug-likeness (QED) is 0.800. The van der Waals surface area contributed by atoms with Gasteiger partial charge in [-0.2, -0.15) is 5.10 Å². The summed E-state index contributed by atoms with van der Waals surface area (Å²) < 4.78 is 15.2. The molecule has 166 valence electrons. The van der Waals surface area contributed by atoms with Crippen molar-refractivity contribution in [3.8, 4) is 0 Å². The van der Waals surface area contributed by atoms with Gasteiger partial charge in [-0.05, 0) is 50.1 Å². The first-order valence-corrected chi connectivity index (χ1v) is 11.1. The van der Waals surface area contributed by atoms with Crippen LogP contribution in [-0.2, 0) is 16.8 Å². The summed E-state index contributed by atoms with van der Waals surface area (Å²) in [5.74, 6) is -0.890. The van der Waals surface area contributed by atoms with E-state index in [1.165, 1.54) is 23.5 Å². The Kier molecular flexibility index (Phi) is 5.40. The molecule has 31 heavy (non-hydrogen) atoms. The molecule has 0 bridgehead atoms. The molecule has 1 saturated carbocycles. The van der Waals surface area contributed by atoms with Crippen LogP contribution in [0, 0.1) is 5.82 Å². The van der Waals surface area contributed by atoms with Gasteiger partial charge in [-0.1, -0.05) is 40.0 Å². The van der Waals surface area contributed by atoms with Gasteiger partial charge in [-0.15, -0.1) is 0 Å². The smallest absolute Gasteiger partial charge is 0.277 e. The Balaban J connectivity index is 1.76. The number of benzene rings is 1. The van der Waals surface area contributed by atoms with Gasteiger partial charge in [0.05, 0.1) is 12.2 Å². The van der Waals surface area contributed by atoms with E-state index < -0.39 is 5.54 Å². The number of hydrogen-bond acceptors (Lipinski definition) is 3. The van der Waals surface area contributed by atoms with E-state index in [1.54, 1.807) is 29.8 Å². The zero-order valence-electron chi connectivity index (χ0n) is 18.7. The van der Waals surface area contributed by atoms with Gasteiger partial charge in [0.25, 0.3) is 5.91 Å². The van der Waals surface area contributed by atoms with Crippen LogP contribution in [0.3, 0.4) is 0 Å². The number of hydrogen-bond donors (Lipinski definition) is 1. The number of anilines is 1. The number of carbonyl (C=O) groups is 2. The molecule has 0 spiro atoms. The second-order valence-corrected chi connectivity index (χ2v) is 10.0. The third-order valence-corrected chi connectivity index (χ3v) is 6.44. The molecule has 7 heteroatoms. The minimum Gasteiger partial charge on any atom is -0.351 e. The van der Waals surface area contributed by atoms with Crippen molar-refractivity contribution in [1.82, 2.24) is 15.1 Å². The molecule has 2 aliphatic rings. The van der Waals surface area contributed by atoms with Crippen molar-refractivity contribution >= 4 is 17.5 Å². The summed E-state index contributed by atoms with van der Waals surface area (Å²) in [4.78, 5) is 28.7. The third kappa shape index (κ3) is 3.98. The zero-order chi connectivity index (χ0) is 22.4. The van der Waals surface area contributed by atoms with E-state index >= 15 is 0 Å². The molecule has 0 radical (unpaired) electrons. The van der Waals surface area contributed by atoms with Gasteiger partial charge in [0.1, 0.15) is 17.1 Å². The first-order chi connectivity index (χ1) is 14.6. The normalized spacial score (nSPS) is 22.4. The van der Waals surface area contributed by atoms with Crippen molar-refractivity contribution in [3.05, 3.63) is 47.5 Å². The average molecular weight is 427 g/mol. The summed E-state index contributed by atoms with van der Waals surface area (Å²) in [5.41, 5.74) is 0.327. The number of carbonyl (C=O) groups excluding carboxylic acids is 2. The Labute approximate surface area is 182 Å². The highest BCUT2D eigenvalue weighted by Gasteiger charge is 2.49. The first kappa shape index (κ1) is 21.5. The summed E-state index contributed by atoms with van der Waals surface area (Å²) in [6.07, 6.45) is 5.29. The van der Waals surface area contributed by atoms with E-state index in [0.717, 1.165) is 31.4 Å². The van der Waals surface area contributed by atoms with E-state index in [4.69, 9.17) is 0 Å². The molecule has 1 aromatic carbocycles. The highest BCUT2D eigenvalue weighted by Crippen LogP contribution is 2.35. The van der Waals surface area contributed by atoms with Gasteiger partial charge in [0.15, 0.2) is 0 Å². The fraction of sp³-hybridized carbons (Fsp3) is 0.542. The van der Waals surface area contributed by atoms with Crippen molar-refractivity contribution in [2.45, 2.75) is 83.3 Å². The lowest BCUT2D eigenvalue weighted by Crippen LogP contribution is -2.65. The van der Waals surface area contributed by atoms with Gasteiger partial charge in [-0.25, -0.2) is 4.39 Å². The van der Waals surface area contributed by atoms with E-state index in [9.17, 15) is 14.0 Å². The van der Waals surface area contributed by atoms with Crippen LogP contribution in [0.1, 0.15) is 76.0 Å². The molecule has 0 unspecified atom stereocenters. The summed E-state index contributed by atoms with van der Waals surface area (Å²) in [6.45, 7) is 8.13. The van der Waals surface area contributed by atoms with E-state index in [-0.39, 0.29) is 35.6 Å². The molecule has 1 fully saturated rings. The van der Waals surface area contributed by atoms with E-state index in [1.807, 2.05) is 20.8 Å². The third-order valence-electron chi connectivity index (χ3n) is 6.44. The maximum absolute atomic E-state index is 13.6. The van der Waals surface area contributed by atoms with Crippen molar-refractivity contribution in [2.24, 2.45) is 0 Å². The van der Waals surface area contributed by atoms with Crippen LogP contribution in [0.25, 0.3) is 0 Å². The molecule has 2 heterocycles. The summed E-state index contributed by atoms with van der Waals surface area (Å²) in [5, 5.41) is 7.85. The first-order valence-electron chi connectivity index (χ1n) is 11.1. The highest BCUT2D eigenvalue weighted by atomic mass is 19.1. The predicted molar refractivity (Wildman–Crippen MR) is 118 cm³/mol. The zero-order valence-corrected chi connectivity index (χ0v) is 18.7. The Morgan fingerprint density at radius 1 is 1.16 bits per heavy atom. The number of fused-ring (bicyclic) bond motifs is 1. The molecule has 0 saturated heterocycles. The lowest BCUT2D eigenvalue weighted by molar-refractivity contribution is -0.127. The number of halogens is 1. The number of amides is 2. The highest BCUT2D eigenvalue weighted by molar-refractivity contribution is 6.11. The fourth-order valence-corrected chi connectivity index (χ4v) is 4.53. The van der Waals surface area contributed by atoms with Gasteiger partial charge in [-0.3, -0.25) is 19.2 Å². The van der Waals surface area contributed by atoms with Crippen molar-refractivity contribution in [1.29, 1.82) is 0 Å². The second kappa shape index (κ2) is 7.77. The molecule has 1 atom stereocenters. The largest absolute Gasteiger partial charge is 0.351 e. The van der Waals surface area contributed by atoms with Crippen molar-refractivity contribution in [3.63, 3.8) is 0 Å². The Hall–Kier alpha value is -2.70. The van der Waals surface area contributed by atoms with Crippen LogP contribution in [0.2, 0.25) is 0 Å². The Morgan fingerprint density at radius 3 is 2.42 bits per heavy atom. The van der Waals surface area contributed by atoms with Gasteiger partial charge in [0, 0.05) is 17.1 Å². The molecular weight excluding hydrogens is 395 g/mol. The van der Waals surface area contributed by atoms with Crippen LogP contribution >= 0.6 is 0 Å². The van der Waals surface area contributed by atoms with Crippen LogP contribution in [0.15, 0.2) is 30.3 Å². The lowest BCUT2D eigenvalue weighted by Gasteiger charge is -2.44. The summed E-state index contributed by atoms with van der Waals surface area (Å²) >= 11 is 0. The number of rotatable bonds is 3. The number of nitrogens with zero attached hydrogens (tertiary/aromatic N) is 3. The molecule has 1 aromatic heterocycles. The van der Waals surface area contributed by atoms with Gasteiger partial charge < -0.3 is 5.32 Å². The molecule has 1 aliphatic heterocycles. The molecule has 1 N–H and O–H groups in total. The monoisotopic (exact) mass is 426 g/mol. The van der Waals surface area contributed by atoms with Crippen LogP contribution in [0.4, 0.5) is 10.1 Å². The molecule has 2 aromatic rings. The summed E-state index contributed by atoms with van der Waals surface area (Å²) in [7, 11) is 0. The SMILES string of the molecule is CC(C)(C)c1cc2n(n1)C[C@@](C)(C(=O)NC1CCCCC1)N(c1ccc(F)cc1)C2=O. The van der Waals surface area contributed by atoms with Gasteiger partial charge >= 0.3 is 0 Å². The average Bonchev–Trinajstić information content (AvgIpc) is 3.15. The second-order valence-electron chi connectivity index (χ2n) is 10.0. The van der Waals surface area contributed by atoms with Crippen LogP contribution in [-0.4, -0.2) is 33.2 Å². The maximum Gasteiger partial charge on any atom is 0.277 e. The topological polar surface area (TPSA) is 67.2 Å². The number of nitrogens with one attached hydrogen (secondary N) is 1. The minimum atomic E-state index is -1.18. The molecule has 2 amide bonds. The Bertz CT molecular complexity index is 986. The minimum absolute atomic E-state index is 0.118. The lowest BCUT2D eigenvalue weighted by atomic mass is 9.90. The van der Waals surface area contributed by atoms with E-state index in [0.29, 0.717) is 11.4 Å². The van der Waals surface area contributed by atoms with Crippen molar-refractivity contribution in [2.75, 3.05) is 4.90 Å². The predicted octanol–water partition coefficient (Wildman–Crippen LogP) is 4.19. The van der Waals surface area contributed by atoms with Crippen LogP contribution < -0.4 is 10.2 Å². The molecule has 4 rings (SSSR count). The molecule has 1 aliphatic carbocycles. The van der Waals surface area contributed by atoms with E-state index in [2.05, 4.69) is 10.4 Å². The van der Waals surface area contributed by atoms with Gasteiger partial charge in [0.2, 0.25) is 5.91 Å². The Morgan fingerprint density at radius 2 is 1.81 bits per heavy atom. The summed E-state index contributed by atoms with van der Waals surface area (Å²) in [6, 6.07) is 7.65.